The highest BCUT2D eigenvalue weighted by Gasteiger charge is 2.09. The van der Waals surface area contributed by atoms with Crippen molar-refractivity contribution in [2.75, 3.05) is 20.3 Å². The lowest BCUT2D eigenvalue weighted by atomic mass is 10.1. The maximum atomic E-state index is 11.9. The van der Waals surface area contributed by atoms with Gasteiger partial charge in [0, 0.05) is 25.8 Å². The highest BCUT2D eigenvalue weighted by molar-refractivity contribution is 5.94. The van der Waals surface area contributed by atoms with Gasteiger partial charge in [0.15, 0.2) is 0 Å². The number of nitrogens with one attached hydrogen (secondary N) is 1. The second-order valence-electron chi connectivity index (χ2n) is 4.99. The van der Waals surface area contributed by atoms with Crippen molar-refractivity contribution in [2.45, 2.75) is 6.42 Å². The molecule has 126 valence electrons. The summed E-state index contributed by atoms with van der Waals surface area (Å²) in [6, 6.07) is 9.84. The minimum Gasteiger partial charge on any atom is -0.401 e. The quantitative estimate of drug-likeness (QED) is 0.456. The number of furan rings is 1. The summed E-state index contributed by atoms with van der Waals surface area (Å²) in [6.45, 7) is 1.17. The molecule has 24 heavy (non-hydrogen) atoms. The van der Waals surface area contributed by atoms with Gasteiger partial charge in [0.2, 0.25) is 0 Å². The van der Waals surface area contributed by atoms with Crippen LogP contribution in [0.3, 0.4) is 0 Å². The number of rotatable bonds is 8. The van der Waals surface area contributed by atoms with Crippen LogP contribution in [-0.4, -0.2) is 31.1 Å². The summed E-state index contributed by atoms with van der Waals surface area (Å²) in [5, 5.41) is 13.4. The lowest BCUT2D eigenvalue weighted by Crippen LogP contribution is -2.25. The molecule has 0 saturated carbocycles. The Bertz CT molecular complexity index is 719. The van der Waals surface area contributed by atoms with Gasteiger partial charge in [0.25, 0.3) is 5.91 Å². The van der Waals surface area contributed by atoms with Crippen LogP contribution in [0.15, 0.2) is 40.8 Å². The molecule has 0 saturated heterocycles. The van der Waals surface area contributed by atoms with Crippen LogP contribution in [0, 0.1) is 10.1 Å². The average molecular weight is 330 g/mol. The number of nitro groups is 1. The van der Waals surface area contributed by atoms with Gasteiger partial charge in [-0.3, -0.25) is 14.9 Å². The number of methoxy groups -OCH3 is 1. The van der Waals surface area contributed by atoms with Crippen molar-refractivity contribution < 1.29 is 18.9 Å². The topological polar surface area (TPSA) is 94.6 Å². The number of ether oxygens (including phenoxy) is 1. The minimum absolute atomic E-state index is 0.136. The average Bonchev–Trinajstić information content (AvgIpc) is 3.06. The third-order valence-electron chi connectivity index (χ3n) is 3.22. The smallest absolute Gasteiger partial charge is 0.401 e. The highest BCUT2D eigenvalue weighted by atomic mass is 16.6. The summed E-state index contributed by atoms with van der Waals surface area (Å²) in [5.41, 5.74) is 1.42. The van der Waals surface area contributed by atoms with Crippen LogP contribution < -0.4 is 5.32 Å². The molecular formula is C17H18N2O5. The first kappa shape index (κ1) is 17.4. The molecule has 7 nitrogen and oxygen atoms in total. The van der Waals surface area contributed by atoms with Gasteiger partial charge in [-0.05, 0) is 36.3 Å². The zero-order valence-corrected chi connectivity index (χ0v) is 13.2. The molecule has 1 heterocycles. The largest absolute Gasteiger partial charge is 0.433 e. The molecule has 0 spiro atoms. The van der Waals surface area contributed by atoms with E-state index in [9.17, 15) is 14.9 Å². The van der Waals surface area contributed by atoms with Gasteiger partial charge >= 0.3 is 5.88 Å². The predicted octanol–water partition coefficient (Wildman–Crippen LogP) is 3.12. The van der Waals surface area contributed by atoms with Gasteiger partial charge in [0.1, 0.15) is 10.7 Å². The second kappa shape index (κ2) is 8.64. The Morgan fingerprint density at radius 2 is 2.00 bits per heavy atom. The number of hydrogen-bond donors (Lipinski definition) is 1. The molecule has 1 aromatic carbocycles. The van der Waals surface area contributed by atoms with Gasteiger partial charge in [-0.2, -0.15) is 0 Å². The summed E-state index contributed by atoms with van der Waals surface area (Å²) >= 11 is 0. The number of benzene rings is 1. The Labute approximate surface area is 139 Å². The fraction of sp³-hybridized carbons (Fsp3) is 0.235. The number of hydrogen-bond acceptors (Lipinski definition) is 5. The second-order valence-corrected chi connectivity index (χ2v) is 4.99. The number of carbonyl (C=O) groups excluding carboxylic acids is 1. The van der Waals surface area contributed by atoms with Crippen LogP contribution in [0.25, 0.3) is 12.2 Å². The molecule has 2 aromatic rings. The Morgan fingerprint density at radius 3 is 2.62 bits per heavy atom. The van der Waals surface area contributed by atoms with Crippen molar-refractivity contribution in [3.8, 4) is 0 Å². The third kappa shape index (κ3) is 5.06. The zero-order valence-electron chi connectivity index (χ0n) is 13.2. The first-order valence-electron chi connectivity index (χ1n) is 7.39. The molecule has 0 bridgehead atoms. The third-order valence-corrected chi connectivity index (χ3v) is 3.22. The van der Waals surface area contributed by atoms with Crippen LogP contribution >= 0.6 is 0 Å². The van der Waals surface area contributed by atoms with Gasteiger partial charge in [-0.25, -0.2) is 0 Å². The van der Waals surface area contributed by atoms with Crippen molar-refractivity contribution in [3.05, 3.63) is 63.4 Å². The normalized spacial score (nSPS) is 10.9. The van der Waals surface area contributed by atoms with Gasteiger partial charge in [0.05, 0.1) is 6.07 Å². The standard InChI is InChI=1S/C17H18N2O5/c1-23-12-2-11-18-17(20)14-6-3-13(4-7-14)5-8-15-9-10-16(24-15)19(21)22/h3-10H,2,11-12H2,1H3,(H,18,20). The van der Waals surface area contributed by atoms with E-state index in [1.54, 1.807) is 43.5 Å². The first-order chi connectivity index (χ1) is 11.6. The summed E-state index contributed by atoms with van der Waals surface area (Å²) in [5.74, 6) is -0.0416. The van der Waals surface area contributed by atoms with E-state index in [4.69, 9.17) is 9.15 Å². The Balaban J connectivity index is 1.92. The molecule has 0 atom stereocenters. The number of carbonyl (C=O) groups is 1. The van der Waals surface area contributed by atoms with Crippen molar-refractivity contribution in [1.29, 1.82) is 0 Å². The van der Waals surface area contributed by atoms with Crippen LogP contribution in [0.2, 0.25) is 0 Å². The molecule has 7 heteroatoms. The predicted molar refractivity (Wildman–Crippen MR) is 89.6 cm³/mol. The summed E-state index contributed by atoms with van der Waals surface area (Å²) in [6.07, 6.45) is 4.15. The Hall–Kier alpha value is -2.93. The molecule has 0 radical (unpaired) electrons. The molecule has 2 rings (SSSR count). The zero-order chi connectivity index (χ0) is 17.4. The van der Waals surface area contributed by atoms with Crippen LogP contribution in [0.5, 0.6) is 0 Å². The molecule has 0 aliphatic rings. The molecule has 1 aromatic heterocycles. The van der Waals surface area contributed by atoms with Crippen LogP contribution in [-0.2, 0) is 4.74 Å². The van der Waals surface area contributed by atoms with Gasteiger partial charge in [-0.15, -0.1) is 0 Å². The first-order valence-corrected chi connectivity index (χ1v) is 7.39. The maximum absolute atomic E-state index is 11.9. The molecule has 0 aliphatic heterocycles. The molecule has 0 unspecified atom stereocenters. The van der Waals surface area contributed by atoms with E-state index < -0.39 is 4.92 Å². The summed E-state index contributed by atoms with van der Waals surface area (Å²) in [4.78, 5) is 21.9. The number of nitrogens with zero attached hydrogens (tertiary/aromatic N) is 1. The number of amides is 1. The van der Waals surface area contributed by atoms with Gasteiger partial charge < -0.3 is 14.5 Å². The van der Waals surface area contributed by atoms with E-state index in [2.05, 4.69) is 5.32 Å². The van der Waals surface area contributed by atoms with E-state index in [-0.39, 0.29) is 11.8 Å². The Morgan fingerprint density at radius 1 is 1.25 bits per heavy atom. The van der Waals surface area contributed by atoms with Crippen molar-refractivity contribution in [1.82, 2.24) is 5.32 Å². The van der Waals surface area contributed by atoms with E-state index in [1.165, 1.54) is 12.1 Å². The SMILES string of the molecule is COCCCNC(=O)c1ccc(C=Cc2ccc([N+](=O)[O-])o2)cc1. The molecule has 0 aliphatic carbocycles. The van der Waals surface area contributed by atoms with E-state index in [0.29, 0.717) is 24.5 Å². The minimum atomic E-state index is -0.586. The van der Waals surface area contributed by atoms with E-state index in [1.807, 2.05) is 0 Å². The van der Waals surface area contributed by atoms with Crippen molar-refractivity contribution >= 4 is 23.9 Å². The fourth-order valence-corrected chi connectivity index (χ4v) is 1.97. The van der Waals surface area contributed by atoms with Crippen molar-refractivity contribution in [3.63, 3.8) is 0 Å². The van der Waals surface area contributed by atoms with Gasteiger partial charge in [-0.1, -0.05) is 18.2 Å². The molecular weight excluding hydrogens is 312 g/mol. The maximum Gasteiger partial charge on any atom is 0.433 e. The van der Waals surface area contributed by atoms with Crippen LogP contribution in [0.4, 0.5) is 5.88 Å². The molecule has 1 N–H and O–H groups in total. The fourth-order valence-electron chi connectivity index (χ4n) is 1.97. The van der Waals surface area contributed by atoms with Crippen LogP contribution in [0.1, 0.15) is 28.1 Å². The molecule has 0 fully saturated rings. The van der Waals surface area contributed by atoms with Crippen molar-refractivity contribution in [2.24, 2.45) is 0 Å². The van der Waals surface area contributed by atoms with E-state index >= 15 is 0 Å². The highest BCUT2D eigenvalue weighted by Crippen LogP contribution is 2.18. The molecule has 1 amide bonds. The lowest BCUT2D eigenvalue weighted by molar-refractivity contribution is -0.402. The summed E-state index contributed by atoms with van der Waals surface area (Å²) < 4.78 is 9.95. The van der Waals surface area contributed by atoms with E-state index in [0.717, 1.165) is 12.0 Å². The summed E-state index contributed by atoms with van der Waals surface area (Å²) in [7, 11) is 1.62. The monoisotopic (exact) mass is 330 g/mol. The Kier molecular flexibility index (Phi) is 6.27. The lowest BCUT2D eigenvalue weighted by Gasteiger charge is -2.05.